The summed E-state index contributed by atoms with van der Waals surface area (Å²) in [5, 5.41) is 35.5. The van der Waals surface area contributed by atoms with Gasteiger partial charge in [0.05, 0.1) is 0 Å². The van der Waals surface area contributed by atoms with E-state index in [-0.39, 0.29) is 37.3 Å². The largest absolute Gasteiger partial charge is 0.481 e. The van der Waals surface area contributed by atoms with Crippen molar-refractivity contribution in [3.63, 3.8) is 0 Å². The third-order valence-corrected chi connectivity index (χ3v) is 5.87. The molecule has 0 aliphatic rings. The summed E-state index contributed by atoms with van der Waals surface area (Å²) >= 11 is 0. The number of ether oxygens (including phenoxy) is 2. The van der Waals surface area contributed by atoms with E-state index in [0.717, 1.165) is 5.56 Å². The van der Waals surface area contributed by atoms with Crippen molar-refractivity contribution in [3.05, 3.63) is 65.2 Å². The van der Waals surface area contributed by atoms with Crippen LogP contribution in [-0.4, -0.2) is 82.6 Å². The predicted molar refractivity (Wildman–Crippen MR) is 155 cm³/mol. The molecule has 3 amide bonds. The minimum Gasteiger partial charge on any atom is -0.481 e. The number of aliphatic hydroxyl groups excluding tert-OH is 1. The van der Waals surface area contributed by atoms with E-state index in [1.165, 1.54) is 18.2 Å². The molecule has 2 atom stereocenters. The highest BCUT2D eigenvalue weighted by Gasteiger charge is 2.29. The molecule has 2 rings (SSSR count). The molecule has 0 fully saturated rings. The molecule has 0 heterocycles. The van der Waals surface area contributed by atoms with Crippen LogP contribution >= 0.6 is 0 Å². The molecule has 0 bridgehead atoms. The lowest BCUT2D eigenvalue weighted by molar-refractivity contribution is -0.139. The lowest BCUT2D eigenvalue weighted by Crippen LogP contribution is -2.55. The number of carboxylic acid groups (broad SMARTS) is 2. The Morgan fingerprint density at radius 3 is 2.09 bits per heavy atom. The molecule has 0 saturated heterocycles. The van der Waals surface area contributed by atoms with Crippen molar-refractivity contribution < 1.29 is 48.8 Å². The Labute approximate surface area is 249 Å². The van der Waals surface area contributed by atoms with Crippen molar-refractivity contribution in [2.45, 2.75) is 64.1 Å². The molecule has 0 aliphatic carbocycles. The van der Waals surface area contributed by atoms with Crippen LogP contribution in [0.15, 0.2) is 48.5 Å². The summed E-state index contributed by atoms with van der Waals surface area (Å²) < 4.78 is 10.4. The van der Waals surface area contributed by atoms with Crippen molar-refractivity contribution in [1.82, 2.24) is 16.0 Å². The first-order valence-electron chi connectivity index (χ1n) is 13.7. The number of benzene rings is 2. The van der Waals surface area contributed by atoms with Crippen LogP contribution in [0.4, 0.5) is 4.79 Å². The van der Waals surface area contributed by atoms with Gasteiger partial charge >= 0.3 is 18.0 Å². The summed E-state index contributed by atoms with van der Waals surface area (Å²) in [6, 6.07) is 10.6. The van der Waals surface area contributed by atoms with Crippen LogP contribution in [-0.2, 0) is 32.0 Å². The van der Waals surface area contributed by atoms with Gasteiger partial charge in [-0.3, -0.25) is 9.59 Å². The van der Waals surface area contributed by atoms with E-state index in [0.29, 0.717) is 18.4 Å². The summed E-state index contributed by atoms with van der Waals surface area (Å²) in [6.07, 6.45) is 0.0719. The van der Waals surface area contributed by atoms with E-state index in [9.17, 15) is 29.1 Å². The molecule has 13 heteroatoms. The number of rotatable bonds is 16. The summed E-state index contributed by atoms with van der Waals surface area (Å²) in [5.74, 6) is -4.07. The van der Waals surface area contributed by atoms with E-state index in [4.69, 9.17) is 19.7 Å². The fraction of sp³-hybridized carbons (Fsp3) is 0.433. The Morgan fingerprint density at radius 2 is 1.49 bits per heavy atom. The van der Waals surface area contributed by atoms with E-state index in [1.807, 2.05) is 0 Å². The van der Waals surface area contributed by atoms with Crippen molar-refractivity contribution in [3.8, 4) is 5.75 Å². The molecule has 0 aliphatic heterocycles. The molecule has 0 aromatic heterocycles. The predicted octanol–water partition coefficient (Wildman–Crippen LogP) is 1.90. The van der Waals surface area contributed by atoms with Crippen LogP contribution in [0.3, 0.4) is 0 Å². The molecule has 2 aromatic rings. The number of nitrogens with one attached hydrogen (secondary N) is 3. The number of alkyl carbamates (subject to hydrolysis) is 1. The number of unbranched alkanes of at least 4 members (excludes halogenated alkanes) is 1. The first-order chi connectivity index (χ1) is 20.3. The fourth-order valence-electron chi connectivity index (χ4n) is 3.93. The van der Waals surface area contributed by atoms with E-state index >= 15 is 0 Å². The number of carbonyl (C=O) groups is 5. The monoisotopic (exact) mass is 601 g/mol. The molecule has 2 aromatic carbocycles. The number of aliphatic carboxylic acids is 1. The van der Waals surface area contributed by atoms with Gasteiger partial charge in [-0.15, -0.1) is 0 Å². The second kappa shape index (κ2) is 16.7. The van der Waals surface area contributed by atoms with Crippen molar-refractivity contribution in [2.75, 3.05) is 19.8 Å². The van der Waals surface area contributed by atoms with Crippen LogP contribution < -0.4 is 20.7 Å². The van der Waals surface area contributed by atoms with Crippen LogP contribution in [0.2, 0.25) is 0 Å². The molecule has 234 valence electrons. The smallest absolute Gasteiger partial charge is 0.408 e. The first kappa shape index (κ1) is 34.6. The van der Waals surface area contributed by atoms with Gasteiger partial charge in [0.25, 0.3) is 0 Å². The molecule has 0 radical (unpaired) electrons. The minimum atomic E-state index is -1.37. The highest BCUT2D eigenvalue weighted by atomic mass is 16.6. The van der Waals surface area contributed by atoms with E-state index < -0.39 is 54.1 Å². The molecular weight excluding hydrogens is 562 g/mol. The van der Waals surface area contributed by atoms with Crippen molar-refractivity contribution in [1.29, 1.82) is 0 Å². The summed E-state index contributed by atoms with van der Waals surface area (Å²) in [6.45, 7) is 4.46. The quantitative estimate of drug-likeness (QED) is 0.154. The van der Waals surface area contributed by atoms with Gasteiger partial charge in [-0.1, -0.05) is 36.4 Å². The molecule has 43 heavy (non-hydrogen) atoms. The molecule has 0 saturated carbocycles. The average molecular weight is 602 g/mol. The third kappa shape index (κ3) is 12.8. The van der Waals surface area contributed by atoms with Crippen LogP contribution in [0.5, 0.6) is 5.75 Å². The van der Waals surface area contributed by atoms with Crippen LogP contribution in [0, 0.1) is 0 Å². The summed E-state index contributed by atoms with van der Waals surface area (Å²) in [4.78, 5) is 62.0. The van der Waals surface area contributed by atoms with Gasteiger partial charge in [0.2, 0.25) is 11.8 Å². The van der Waals surface area contributed by atoms with Gasteiger partial charge in [-0.2, -0.15) is 0 Å². The molecule has 6 N–H and O–H groups in total. The number of hydrogen-bond donors (Lipinski definition) is 6. The second-order valence-electron chi connectivity index (χ2n) is 10.7. The molecule has 13 nitrogen and oxygen atoms in total. The zero-order chi connectivity index (χ0) is 32.0. The SMILES string of the molecule is CC(C)(C)OC(=O)N[C@@H](Cc1ccccc1)C(=O)N[C@@H](Cc1ccc(OCC(=O)O)c(C(=O)O)c1)C(=O)NCCCCO. The van der Waals surface area contributed by atoms with Crippen LogP contribution in [0.25, 0.3) is 0 Å². The maximum Gasteiger partial charge on any atom is 0.408 e. The number of amides is 3. The number of aromatic carboxylic acids is 1. The highest BCUT2D eigenvalue weighted by molar-refractivity contribution is 5.93. The summed E-state index contributed by atoms with van der Waals surface area (Å²) in [5.41, 5.74) is -0.0556. The Hall–Kier alpha value is -4.65. The normalized spacial score (nSPS) is 12.4. The number of carbonyl (C=O) groups excluding carboxylic acids is 3. The second-order valence-corrected chi connectivity index (χ2v) is 10.7. The minimum absolute atomic E-state index is 0.0538. The molecular formula is C30H39N3O10. The van der Waals surface area contributed by atoms with Gasteiger partial charge < -0.3 is 40.7 Å². The molecule has 0 unspecified atom stereocenters. The topological polar surface area (TPSA) is 201 Å². The highest BCUT2D eigenvalue weighted by Crippen LogP contribution is 2.21. The number of carboxylic acids is 2. The Bertz CT molecular complexity index is 1260. The standard InChI is InChI=1S/C30H39N3O10/c1-30(2,3)43-29(41)33-23(16-19-9-5-4-6-10-19)27(38)32-22(26(37)31-13-7-8-14-34)17-20-11-12-24(42-18-25(35)36)21(15-20)28(39)40/h4-6,9-12,15,22-23,34H,7-8,13-14,16-18H2,1-3H3,(H,31,37)(H,32,38)(H,33,41)(H,35,36)(H,39,40)/t22-,23-/m0/s1. The van der Waals surface area contributed by atoms with Gasteiger partial charge in [-0.05, 0) is 56.9 Å². The first-order valence-corrected chi connectivity index (χ1v) is 13.7. The maximum absolute atomic E-state index is 13.5. The fourth-order valence-corrected chi connectivity index (χ4v) is 3.93. The maximum atomic E-state index is 13.5. The number of hydrogen-bond acceptors (Lipinski definition) is 8. The zero-order valence-electron chi connectivity index (χ0n) is 24.4. The Balaban J connectivity index is 2.34. The Morgan fingerprint density at radius 1 is 0.837 bits per heavy atom. The van der Waals surface area contributed by atoms with Crippen molar-refractivity contribution >= 4 is 29.8 Å². The third-order valence-electron chi connectivity index (χ3n) is 5.87. The molecule has 0 spiro atoms. The van der Waals surface area contributed by atoms with Gasteiger partial charge in [0.1, 0.15) is 29.0 Å². The average Bonchev–Trinajstić information content (AvgIpc) is 2.93. The van der Waals surface area contributed by atoms with Gasteiger partial charge in [0, 0.05) is 26.0 Å². The van der Waals surface area contributed by atoms with E-state index in [1.54, 1.807) is 51.1 Å². The summed E-state index contributed by atoms with van der Waals surface area (Å²) in [7, 11) is 0. The lowest BCUT2D eigenvalue weighted by atomic mass is 10.0. The zero-order valence-corrected chi connectivity index (χ0v) is 24.4. The van der Waals surface area contributed by atoms with Gasteiger partial charge in [-0.25, -0.2) is 14.4 Å². The van der Waals surface area contributed by atoms with E-state index in [2.05, 4.69) is 16.0 Å². The Kier molecular flexibility index (Phi) is 13.4. The lowest BCUT2D eigenvalue weighted by Gasteiger charge is -2.25. The number of aliphatic hydroxyl groups is 1. The van der Waals surface area contributed by atoms with Gasteiger partial charge in [0.15, 0.2) is 6.61 Å². The van der Waals surface area contributed by atoms with Crippen molar-refractivity contribution in [2.24, 2.45) is 0 Å². The van der Waals surface area contributed by atoms with Crippen LogP contribution in [0.1, 0.15) is 55.1 Å².